The van der Waals surface area contributed by atoms with Gasteiger partial charge in [0.15, 0.2) is 0 Å². The van der Waals surface area contributed by atoms with Gasteiger partial charge in [-0.2, -0.15) is 0 Å². The lowest BCUT2D eigenvalue weighted by molar-refractivity contribution is -0.127. The molecular weight excluding hydrogens is 192 g/mol. The number of amides is 3. The first-order chi connectivity index (χ1) is 7.09. The van der Waals surface area contributed by atoms with Gasteiger partial charge in [0.25, 0.3) is 5.91 Å². The molecule has 1 saturated carbocycles. The Morgan fingerprint density at radius 3 is 2.47 bits per heavy atom. The van der Waals surface area contributed by atoms with Crippen LogP contribution in [0.2, 0.25) is 0 Å². The molecule has 4 heteroatoms. The van der Waals surface area contributed by atoms with Crippen LogP contribution in [0, 0.1) is 5.92 Å². The van der Waals surface area contributed by atoms with Crippen molar-refractivity contribution in [2.24, 2.45) is 5.92 Å². The van der Waals surface area contributed by atoms with E-state index in [-0.39, 0.29) is 24.5 Å². The monoisotopic (exact) mass is 210 g/mol. The summed E-state index contributed by atoms with van der Waals surface area (Å²) in [5.74, 6) is 0.411. The molecule has 0 bridgehead atoms. The summed E-state index contributed by atoms with van der Waals surface area (Å²) in [6.07, 6.45) is 3.13. The molecule has 1 heterocycles. The fourth-order valence-corrected chi connectivity index (χ4v) is 2.15. The third-order valence-electron chi connectivity index (χ3n) is 3.10. The van der Waals surface area contributed by atoms with Crippen molar-refractivity contribution in [1.82, 2.24) is 9.80 Å². The third-order valence-corrected chi connectivity index (χ3v) is 3.10. The number of carbonyl (C=O) groups excluding carboxylic acids is 2. The molecule has 2 rings (SSSR count). The summed E-state index contributed by atoms with van der Waals surface area (Å²) in [5, 5.41) is 0. The van der Waals surface area contributed by atoms with Crippen LogP contribution in [0.4, 0.5) is 4.79 Å². The SMILES string of the molecule is CC(C)CN1CC(=O)N(C2CCC2)C1=O. The highest BCUT2D eigenvalue weighted by atomic mass is 16.2. The van der Waals surface area contributed by atoms with Crippen LogP contribution in [0.25, 0.3) is 0 Å². The average molecular weight is 210 g/mol. The van der Waals surface area contributed by atoms with Crippen LogP contribution in [0.15, 0.2) is 0 Å². The molecule has 15 heavy (non-hydrogen) atoms. The van der Waals surface area contributed by atoms with E-state index < -0.39 is 0 Å². The van der Waals surface area contributed by atoms with Gasteiger partial charge in [-0.3, -0.25) is 9.69 Å². The topological polar surface area (TPSA) is 40.6 Å². The molecule has 4 nitrogen and oxygen atoms in total. The summed E-state index contributed by atoms with van der Waals surface area (Å²) in [7, 11) is 0. The molecule has 3 amide bonds. The van der Waals surface area contributed by atoms with Crippen LogP contribution < -0.4 is 0 Å². The van der Waals surface area contributed by atoms with E-state index in [1.807, 2.05) is 0 Å². The van der Waals surface area contributed by atoms with Gasteiger partial charge < -0.3 is 4.90 Å². The van der Waals surface area contributed by atoms with E-state index in [9.17, 15) is 9.59 Å². The molecule has 0 N–H and O–H groups in total. The Hall–Kier alpha value is -1.06. The molecule has 2 aliphatic rings. The lowest BCUT2D eigenvalue weighted by atomic mass is 9.92. The maximum atomic E-state index is 11.9. The van der Waals surface area contributed by atoms with Crippen molar-refractivity contribution in [2.45, 2.75) is 39.2 Å². The van der Waals surface area contributed by atoms with Gasteiger partial charge in [-0.1, -0.05) is 13.8 Å². The largest absolute Gasteiger partial charge is 0.327 e. The molecule has 0 aromatic rings. The quantitative estimate of drug-likeness (QED) is 0.662. The van der Waals surface area contributed by atoms with Crippen molar-refractivity contribution in [3.8, 4) is 0 Å². The van der Waals surface area contributed by atoms with Crippen LogP contribution >= 0.6 is 0 Å². The van der Waals surface area contributed by atoms with Gasteiger partial charge in [0, 0.05) is 12.6 Å². The van der Waals surface area contributed by atoms with E-state index in [0.717, 1.165) is 19.3 Å². The Balaban J connectivity index is 2.02. The molecule has 0 unspecified atom stereocenters. The molecule has 84 valence electrons. The van der Waals surface area contributed by atoms with Crippen LogP contribution in [-0.2, 0) is 4.79 Å². The summed E-state index contributed by atoms with van der Waals surface area (Å²) >= 11 is 0. The van der Waals surface area contributed by atoms with E-state index in [4.69, 9.17) is 0 Å². The maximum absolute atomic E-state index is 11.9. The summed E-state index contributed by atoms with van der Waals surface area (Å²) in [6, 6.07) is 0.126. The maximum Gasteiger partial charge on any atom is 0.327 e. The zero-order valence-corrected chi connectivity index (χ0v) is 9.40. The van der Waals surface area contributed by atoms with Crippen LogP contribution in [-0.4, -0.2) is 40.9 Å². The zero-order chi connectivity index (χ0) is 11.0. The molecule has 0 aromatic carbocycles. The summed E-state index contributed by atoms with van der Waals surface area (Å²) in [5.41, 5.74) is 0. The zero-order valence-electron chi connectivity index (χ0n) is 9.40. The van der Waals surface area contributed by atoms with Gasteiger partial charge in [-0.15, -0.1) is 0 Å². The van der Waals surface area contributed by atoms with E-state index in [1.54, 1.807) is 4.90 Å². The number of nitrogens with zero attached hydrogens (tertiary/aromatic N) is 2. The minimum Gasteiger partial charge on any atom is -0.315 e. The Morgan fingerprint density at radius 1 is 1.33 bits per heavy atom. The molecule has 1 saturated heterocycles. The van der Waals surface area contributed by atoms with E-state index >= 15 is 0 Å². The Labute approximate surface area is 90.2 Å². The second kappa shape index (κ2) is 3.83. The molecule has 2 fully saturated rings. The standard InChI is InChI=1S/C11H18N2O2/c1-8(2)6-12-7-10(14)13(11(12)15)9-4-3-5-9/h8-9H,3-7H2,1-2H3. The summed E-state index contributed by atoms with van der Waals surface area (Å²) < 4.78 is 0. The van der Waals surface area contributed by atoms with Crippen molar-refractivity contribution < 1.29 is 9.59 Å². The van der Waals surface area contributed by atoms with E-state index in [2.05, 4.69) is 13.8 Å². The fraction of sp³-hybridized carbons (Fsp3) is 0.818. The van der Waals surface area contributed by atoms with Gasteiger partial charge >= 0.3 is 6.03 Å². The highest BCUT2D eigenvalue weighted by Crippen LogP contribution is 2.28. The van der Waals surface area contributed by atoms with Crippen molar-refractivity contribution in [2.75, 3.05) is 13.1 Å². The van der Waals surface area contributed by atoms with Crippen molar-refractivity contribution >= 4 is 11.9 Å². The number of rotatable bonds is 3. The van der Waals surface area contributed by atoms with E-state index in [0.29, 0.717) is 12.5 Å². The molecule has 1 aliphatic carbocycles. The average Bonchev–Trinajstić information content (AvgIpc) is 2.29. The first-order valence-corrected chi connectivity index (χ1v) is 5.70. The first-order valence-electron chi connectivity index (χ1n) is 5.70. The number of urea groups is 1. The molecule has 0 spiro atoms. The Morgan fingerprint density at radius 2 is 2.00 bits per heavy atom. The number of hydrogen-bond donors (Lipinski definition) is 0. The Bertz CT molecular complexity index is 284. The van der Waals surface area contributed by atoms with Crippen molar-refractivity contribution in [3.63, 3.8) is 0 Å². The second-order valence-electron chi connectivity index (χ2n) is 4.91. The second-order valence-corrected chi connectivity index (χ2v) is 4.91. The highest BCUT2D eigenvalue weighted by molar-refractivity contribution is 6.02. The first kappa shape index (κ1) is 10.5. The highest BCUT2D eigenvalue weighted by Gasteiger charge is 2.42. The fourth-order valence-electron chi connectivity index (χ4n) is 2.15. The minimum atomic E-state index is -0.0709. The molecule has 0 radical (unpaired) electrons. The smallest absolute Gasteiger partial charge is 0.315 e. The van der Waals surface area contributed by atoms with Gasteiger partial charge in [-0.25, -0.2) is 4.79 Å². The van der Waals surface area contributed by atoms with Gasteiger partial charge in [-0.05, 0) is 25.2 Å². The van der Waals surface area contributed by atoms with Gasteiger partial charge in [0.2, 0.25) is 0 Å². The molecular formula is C11H18N2O2. The lowest BCUT2D eigenvalue weighted by Gasteiger charge is -2.32. The predicted molar refractivity (Wildman–Crippen MR) is 56.3 cm³/mol. The van der Waals surface area contributed by atoms with E-state index in [1.165, 1.54) is 4.90 Å². The summed E-state index contributed by atoms with van der Waals surface area (Å²) in [6.45, 7) is 5.09. The third kappa shape index (κ3) is 1.85. The number of hydrogen-bond acceptors (Lipinski definition) is 2. The van der Waals surface area contributed by atoms with Crippen LogP contribution in [0.5, 0.6) is 0 Å². The predicted octanol–water partition coefficient (Wildman–Crippen LogP) is 1.46. The van der Waals surface area contributed by atoms with Gasteiger partial charge in [0.1, 0.15) is 6.54 Å². The van der Waals surface area contributed by atoms with Crippen molar-refractivity contribution in [1.29, 1.82) is 0 Å². The summed E-state index contributed by atoms with van der Waals surface area (Å²) in [4.78, 5) is 26.7. The lowest BCUT2D eigenvalue weighted by Crippen LogP contribution is -2.45. The Kier molecular flexibility index (Phi) is 2.67. The number of carbonyl (C=O) groups is 2. The normalized spacial score (nSPS) is 22.9. The van der Waals surface area contributed by atoms with Crippen LogP contribution in [0.1, 0.15) is 33.1 Å². The van der Waals surface area contributed by atoms with Crippen molar-refractivity contribution in [3.05, 3.63) is 0 Å². The molecule has 1 aliphatic heterocycles. The minimum absolute atomic E-state index is 0.00894. The molecule has 0 atom stereocenters. The number of imide groups is 1. The molecule has 0 aromatic heterocycles. The van der Waals surface area contributed by atoms with Gasteiger partial charge in [0.05, 0.1) is 0 Å². The van der Waals surface area contributed by atoms with Crippen LogP contribution in [0.3, 0.4) is 0 Å².